The molecule has 94 valence electrons. The Kier molecular flexibility index (Phi) is 3.22. The first-order valence-electron chi connectivity index (χ1n) is 6.30. The lowest BCUT2D eigenvalue weighted by Crippen LogP contribution is -2.38. The SMILES string of the molecule is CC(C)(C)C1CCN(c2ccnc(N)n2)CC1. The van der Waals surface area contributed by atoms with Crippen molar-refractivity contribution in [3.8, 4) is 0 Å². The number of hydrogen-bond acceptors (Lipinski definition) is 4. The van der Waals surface area contributed by atoms with Crippen molar-refractivity contribution in [1.29, 1.82) is 0 Å². The first-order valence-corrected chi connectivity index (χ1v) is 6.30. The highest BCUT2D eigenvalue weighted by molar-refractivity contribution is 5.41. The molecule has 1 fully saturated rings. The van der Waals surface area contributed by atoms with E-state index < -0.39 is 0 Å². The third-order valence-corrected chi connectivity index (χ3v) is 3.70. The molecule has 17 heavy (non-hydrogen) atoms. The number of anilines is 2. The summed E-state index contributed by atoms with van der Waals surface area (Å²) in [5.41, 5.74) is 6.03. The lowest BCUT2D eigenvalue weighted by Gasteiger charge is -2.39. The van der Waals surface area contributed by atoms with Crippen molar-refractivity contribution in [1.82, 2.24) is 9.97 Å². The second-order valence-electron chi connectivity index (χ2n) is 5.90. The molecule has 1 aromatic rings. The average molecular weight is 234 g/mol. The molecule has 2 N–H and O–H groups in total. The lowest BCUT2D eigenvalue weighted by molar-refractivity contribution is 0.198. The molecule has 4 heteroatoms. The third kappa shape index (κ3) is 2.87. The first kappa shape index (κ1) is 12.1. The van der Waals surface area contributed by atoms with Crippen molar-refractivity contribution in [2.45, 2.75) is 33.6 Å². The molecule has 0 spiro atoms. The van der Waals surface area contributed by atoms with Crippen LogP contribution < -0.4 is 10.6 Å². The normalized spacial score (nSPS) is 18.4. The van der Waals surface area contributed by atoms with Gasteiger partial charge >= 0.3 is 0 Å². The summed E-state index contributed by atoms with van der Waals surface area (Å²) in [6, 6.07) is 1.94. The van der Waals surface area contributed by atoms with Crippen LogP contribution in [0.15, 0.2) is 12.3 Å². The van der Waals surface area contributed by atoms with Gasteiger partial charge in [0.15, 0.2) is 0 Å². The molecule has 0 unspecified atom stereocenters. The number of nitrogens with two attached hydrogens (primary N) is 1. The van der Waals surface area contributed by atoms with Crippen LogP contribution in [0.1, 0.15) is 33.6 Å². The van der Waals surface area contributed by atoms with Gasteiger partial charge in [-0.1, -0.05) is 20.8 Å². The maximum absolute atomic E-state index is 5.61. The summed E-state index contributed by atoms with van der Waals surface area (Å²) < 4.78 is 0. The van der Waals surface area contributed by atoms with E-state index in [1.807, 2.05) is 6.07 Å². The average Bonchev–Trinajstić information content (AvgIpc) is 2.28. The van der Waals surface area contributed by atoms with Crippen LogP contribution in [0, 0.1) is 11.3 Å². The Labute approximate surface area is 103 Å². The molecule has 0 saturated carbocycles. The Morgan fingerprint density at radius 3 is 2.47 bits per heavy atom. The summed E-state index contributed by atoms with van der Waals surface area (Å²) >= 11 is 0. The van der Waals surface area contributed by atoms with Gasteiger partial charge in [-0.15, -0.1) is 0 Å². The number of piperidine rings is 1. The Hall–Kier alpha value is -1.32. The van der Waals surface area contributed by atoms with Crippen molar-refractivity contribution in [2.24, 2.45) is 11.3 Å². The van der Waals surface area contributed by atoms with E-state index >= 15 is 0 Å². The van der Waals surface area contributed by atoms with Crippen LogP contribution in [0.2, 0.25) is 0 Å². The van der Waals surface area contributed by atoms with Gasteiger partial charge in [-0.3, -0.25) is 0 Å². The Bertz CT molecular complexity index is 375. The van der Waals surface area contributed by atoms with E-state index in [0.717, 1.165) is 24.8 Å². The van der Waals surface area contributed by atoms with Gasteiger partial charge < -0.3 is 10.6 Å². The summed E-state index contributed by atoms with van der Waals surface area (Å²) in [5, 5.41) is 0. The molecular formula is C13H22N4. The quantitative estimate of drug-likeness (QED) is 0.810. The van der Waals surface area contributed by atoms with Gasteiger partial charge in [0.25, 0.3) is 0 Å². The monoisotopic (exact) mass is 234 g/mol. The minimum atomic E-state index is 0.362. The molecule has 0 atom stereocenters. The van der Waals surface area contributed by atoms with Crippen LogP contribution in [0.5, 0.6) is 0 Å². The van der Waals surface area contributed by atoms with Crippen molar-refractivity contribution in [2.75, 3.05) is 23.7 Å². The number of hydrogen-bond donors (Lipinski definition) is 1. The summed E-state index contributed by atoms with van der Waals surface area (Å²) in [6.45, 7) is 9.12. The maximum atomic E-state index is 5.61. The van der Waals surface area contributed by atoms with Crippen LogP contribution in [-0.4, -0.2) is 23.1 Å². The zero-order chi connectivity index (χ0) is 12.5. The minimum absolute atomic E-state index is 0.362. The molecule has 2 heterocycles. The van der Waals surface area contributed by atoms with Crippen molar-refractivity contribution in [3.63, 3.8) is 0 Å². The highest BCUT2D eigenvalue weighted by Gasteiger charge is 2.29. The van der Waals surface area contributed by atoms with Crippen molar-refractivity contribution >= 4 is 11.8 Å². The van der Waals surface area contributed by atoms with Gasteiger partial charge in [0.2, 0.25) is 5.95 Å². The number of nitrogens with zero attached hydrogens (tertiary/aromatic N) is 3. The molecule has 0 amide bonds. The summed E-state index contributed by atoms with van der Waals surface area (Å²) in [6.07, 6.45) is 4.19. The predicted molar refractivity (Wildman–Crippen MR) is 70.8 cm³/mol. The molecule has 1 aliphatic heterocycles. The van der Waals surface area contributed by atoms with E-state index in [0.29, 0.717) is 11.4 Å². The van der Waals surface area contributed by atoms with Gasteiger partial charge in [0.05, 0.1) is 0 Å². The van der Waals surface area contributed by atoms with Crippen LogP contribution >= 0.6 is 0 Å². The lowest BCUT2D eigenvalue weighted by atomic mass is 9.75. The second kappa shape index (κ2) is 4.51. The summed E-state index contributed by atoms with van der Waals surface area (Å²) in [4.78, 5) is 10.5. The number of aromatic nitrogens is 2. The first-order chi connectivity index (χ1) is 7.97. The largest absolute Gasteiger partial charge is 0.368 e. The van der Waals surface area contributed by atoms with Crippen LogP contribution in [-0.2, 0) is 0 Å². The van der Waals surface area contributed by atoms with E-state index in [4.69, 9.17) is 5.73 Å². The van der Waals surface area contributed by atoms with Gasteiger partial charge in [0, 0.05) is 19.3 Å². The van der Waals surface area contributed by atoms with Crippen LogP contribution in [0.25, 0.3) is 0 Å². The molecule has 4 nitrogen and oxygen atoms in total. The molecule has 0 radical (unpaired) electrons. The van der Waals surface area contributed by atoms with Gasteiger partial charge in [-0.05, 0) is 30.2 Å². The van der Waals surface area contributed by atoms with E-state index in [2.05, 4.69) is 35.6 Å². The van der Waals surface area contributed by atoms with Crippen molar-refractivity contribution < 1.29 is 0 Å². The molecular weight excluding hydrogens is 212 g/mol. The predicted octanol–water partition coefficient (Wildman–Crippen LogP) is 2.32. The molecule has 1 aromatic heterocycles. The van der Waals surface area contributed by atoms with E-state index in [9.17, 15) is 0 Å². The standard InChI is InChI=1S/C13H22N4/c1-13(2,3)10-5-8-17(9-6-10)11-4-7-15-12(14)16-11/h4,7,10H,5-6,8-9H2,1-3H3,(H2,14,15,16). The number of nitrogen functional groups attached to an aromatic ring is 1. The molecule has 0 bridgehead atoms. The fraction of sp³-hybridized carbons (Fsp3) is 0.692. The van der Waals surface area contributed by atoms with E-state index in [-0.39, 0.29) is 0 Å². The van der Waals surface area contributed by atoms with Gasteiger partial charge in [-0.25, -0.2) is 4.98 Å². The van der Waals surface area contributed by atoms with Crippen molar-refractivity contribution in [3.05, 3.63) is 12.3 Å². The third-order valence-electron chi connectivity index (χ3n) is 3.70. The fourth-order valence-corrected chi connectivity index (χ4v) is 2.51. The molecule has 0 aromatic carbocycles. The Morgan fingerprint density at radius 2 is 1.94 bits per heavy atom. The number of rotatable bonds is 1. The van der Waals surface area contributed by atoms with Gasteiger partial charge in [0.1, 0.15) is 5.82 Å². The summed E-state index contributed by atoms with van der Waals surface area (Å²) in [5.74, 6) is 2.13. The van der Waals surface area contributed by atoms with E-state index in [1.54, 1.807) is 6.20 Å². The Morgan fingerprint density at radius 1 is 1.29 bits per heavy atom. The molecule has 1 aliphatic rings. The highest BCUT2D eigenvalue weighted by atomic mass is 15.2. The molecule has 2 rings (SSSR count). The molecule has 1 saturated heterocycles. The van der Waals surface area contributed by atoms with E-state index in [1.165, 1.54) is 12.8 Å². The molecule has 0 aliphatic carbocycles. The second-order valence-corrected chi connectivity index (χ2v) is 5.90. The highest BCUT2D eigenvalue weighted by Crippen LogP contribution is 2.35. The summed E-state index contributed by atoms with van der Waals surface area (Å²) in [7, 11) is 0. The maximum Gasteiger partial charge on any atom is 0.221 e. The van der Waals surface area contributed by atoms with Gasteiger partial charge in [-0.2, -0.15) is 4.98 Å². The van der Waals surface area contributed by atoms with Crippen LogP contribution in [0.4, 0.5) is 11.8 Å². The zero-order valence-corrected chi connectivity index (χ0v) is 11.0. The van der Waals surface area contributed by atoms with Crippen LogP contribution in [0.3, 0.4) is 0 Å². The minimum Gasteiger partial charge on any atom is -0.368 e. The zero-order valence-electron chi connectivity index (χ0n) is 11.0. The Balaban J connectivity index is 2.00. The smallest absolute Gasteiger partial charge is 0.221 e. The fourth-order valence-electron chi connectivity index (χ4n) is 2.51. The topological polar surface area (TPSA) is 55.0 Å².